The fourth-order valence-electron chi connectivity index (χ4n) is 2.27. The largest absolute Gasteiger partial charge is 0.310 e. The van der Waals surface area contributed by atoms with E-state index in [1.807, 2.05) is 36.1 Å². The highest BCUT2D eigenvalue weighted by Crippen LogP contribution is 2.23. The van der Waals surface area contributed by atoms with Gasteiger partial charge in [0.05, 0.1) is 0 Å². The second kappa shape index (κ2) is 4.49. The summed E-state index contributed by atoms with van der Waals surface area (Å²) in [7, 11) is 0. The van der Waals surface area contributed by atoms with E-state index in [-0.39, 0.29) is 11.4 Å². The first-order valence-corrected chi connectivity index (χ1v) is 6.11. The minimum absolute atomic E-state index is 0.0333. The van der Waals surface area contributed by atoms with Gasteiger partial charge in [-0.25, -0.2) is 0 Å². The molecule has 1 aliphatic heterocycles. The van der Waals surface area contributed by atoms with E-state index in [1.54, 1.807) is 0 Å². The van der Waals surface area contributed by atoms with Crippen molar-refractivity contribution in [3.63, 3.8) is 0 Å². The summed E-state index contributed by atoms with van der Waals surface area (Å²) < 4.78 is 0. The molecule has 0 saturated carbocycles. The number of hydrogen-bond acceptors (Lipinski definition) is 2. The van der Waals surface area contributed by atoms with Crippen molar-refractivity contribution in [3.8, 4) is 0 Å². The highest BCUT2D eigenvalue weighted by atomic mass is 16.2. The van der Waals surface area contributed by atoms with Gasteiger partial charge in [0.15, 0.2) is 0 Å². The standard InChI is InChI=1S/C14H20N2O/c1-11-6-4-5-7-12(11)16-10-14(2,3)15-9-8-13(16)17/h4-7,15H,8-10H2,1-3H3. The third-order valence-corrected chi connectivity index (χ3v) is 3.20. The quantitative estimate of drug-likeness (QED) is 0.804. The molecular formula is C14H20N2O. The maximum atomic E-state index is 12.1. The number of aryl methyl sites for hydroxylation is 1. The highest BCUT2D eigenvalue weighted by molar-refractivity contribution is 5.94. The van der Waals surface area contributed by atoms with Gasteiger partial charge in [0.2, 0.25) is 5.91 Å². The molecule has 0 radical (unpaired) electrons. The van der Waals surface area contributed by atoms with Crippen molar-refractivity contribution in [3.05, 3.63) is 29.8 Å². The number of carbonyl (C=O) groups excluding carboxylic acids is 1. The third kappa shape index (κ3) is 2.67. The van der Waals surface area contributed by atoms with Crippen LogP contribution in [0.3, 0.4) is 0 Å². The molecule has 2 rings (SSSR count). The zero-order valence-electron chi connectivity index (χ0n) is 10.8. The van der Waals surface area contributed by atoms with Crippen LogP contribution in [0.5, 0.6) is 0 Å². The van der Waals surface area contributed by atoms with E-state index in [9.17, 15) is 4.79 Å². The number of carbonyl (C=O) groups is 1. The van der Waals surface area contributed by atoms with E-state index in [2.05, 4.69) is 19.2 Å². The van der Waals surface area contributed by atoms with Crippen LogP contribution in [-0.4, -0.2) is 24.5 Å². The van der Waals surface area contributed by atoms with Crippen LogP contribution in [0.25, 0.3) is 0 Å². The van der Waals surface area contributed by atoms with Crippen LogP contribution >= 0.6 is 0 Å². The van der Waals surface area contributed by atoms with E-state index in [1.165, 1.54) is 0 Å². The molecule has 3 nitrogen and oxygen atoms in total. The predicted molar refractivity (Wildman–Crippen MR) is 70.2 cm³/mol. The fraction of sp³-hybridized carbons (Fsp3) is 0.500. The lowest BCUT2D eigenvalue weighted by atomic mass is 10.0. The van der Waals surface area contributed by atoms with Crippen molar-refractivity contribution in [1.29, 1.82) is 0 Å². The van der Waals surface area contributed by atoms with Crippen molar-refractivity contribution in [1.82, 2.24) is 5.32 Å². The summed E-state index contributed by atoms with van der Waals surface area (Å²) in [5.41, 5.74) is 2.15. The van der Waals surface area contributed by atoms with Crippen LogP contribution in [0.15, 0.2) is 24.3 Å². The predicted octanol–water partition coefficient (Wildman–Crippen LogP) is 2.10. The van der Waals surface area contributed by atoms with Crippen molar-refractivity contribution in [2.24, 2.45) is 0 Å². The molecule has 1 aromatic rings. The fourth-order valence-corrected chi connectivity index (χ4v) is 2.27. The number of amides is 1. The molecule has 1 aromatic carbocycles. The van der Waals surface area contributed by atoms with Crippen LogP contribution in [0.1, 0.15) is 25.8 Å². The van der Waals surface area contributed by atoms with Gasteiger partial charge in [-0.15, -0.1) is 0 Å². The van der Waals surface area contributed by atoms with Crippen LogP contribution in [0.2, 0.25) is 0 Å². The Labute approximate surface area is 103 Å². The number of benzene rings is 1. The molecule has 0 unspecified atom stereocenters. The molecule has 0 aliphatic carbocycles. The van der Waals surface area contributed by atoms with Crippen LogP contribution in [0.4, 0.5) is 5.69 Å². The minimum Gasteiger partial charge on any atom is -0.310 e. The molecule has 1 heterocycles. The van der Waals surface area contributed by atoms with Gasteiger partial charge in [-0.1, -0.05) is 18.2 Å². The molecule has 0 spiro atoms. The normalized spacial score (nSPS) is 20.2. The topological polar surface area (TPSA) is 32.3 Å². The molecular weight excluding hydrogens is 212 g/mol. The lowest BCUT2D eigenvalue weighted by Crippen LogP contribution is -2.47. The van der Waals surface area contributed by atoms with Crippen molar-refractivity contribution in [2.45, 2.75) is 32.7 Å². The van der Waals surface area contributed by atoms with Gasteiger partial charge in [-0.2, -0.15) is 0 Å². The van der Waals surface area contributed by atoms with Crippen molar-refractivity contribution < 1.29 is 4.79 Å². The Morgan fingerprint density at radius 2 is 2.00 bits per heavy atom. The number of hydrogen-bond donors (Lipinski definition) is 1. The molecule has 1 aliphatic rings. The number of para-hydroxylation sites is 1. The zero-order chi connectivity index (χ0) is 12.5. The number of nitrogens with one attached hydrogen (secondary N) is 1. The summed E-state index contributed by atoms with van der Waals surface area (Å²) in [6, 6.07) is 8.06. The molecule has 0 aromatic heterocycles. The smallest absolute Gasteiger partial charge is 0.228 e. The van der Waals surface area contributed by atoms with E-state index in [0.29, 0.717) is 6.42 Å². The van der Waals surface area contributed by atoms with Crippen LogP contribution in [0, 0.1) is 6.92 Å². The lowest BCUT2D eigenvalue weighted by molar-refractivity contribution is -0.118. The molecule has 92 valence electrons. The van der Waals surface area contributed by atoms with Gasteiger partial charge in [-0.05, 0) is 32.4 Å². The Bertz CT molecular complexity index is 426. The first-order valence-electron chi connectivity index (χ1n) is 6.11. The number of nitrogens with zero attached hydrogens (tertiary/aromatic N) is 1. The van der Waals surface area contributed by atoms with Crippen LogP contribution < -0.4 is 10.2 Å². The third-order valence-electron chi connectivity index (χ3n) is 3.20. The molecule has 1 N–H and O–H groups in total. The number of anilines is 1. The first-order chi connectivity index (χ1) is 7.99. The van der Waals surface area contributed by atoms with E-state index in [4.69, 9.17) is 0 Å². The maximum absolute atomic E-state index is 12.1. The van der Waals surface area contributed by atoms with Crippen molar-refractivity contribution in [2.75, 3.05) is 18.0 Å². The second-order valence-corrected chi connectivity index (χ2v) is 5.33. The molecule has 1 saturated heterocycles. The Balaban J connectivity index is 2.35. The Morgan fingerprint density at radius 1 is 1.29 bits per heavy atom. The van der Waals surface area contributed by atoms with Gasteiger partial charge >= 0.3 is 0 Å². The maximum Gasteiger partial charge on any atom is 0.228 e. The average Bonchev–Trinajstić information content (AvgIpc) is 2.38. The highest BCUT2D eigenvalue weighted by Gasteiger charge is 2.29. The van der Waals surface area contributed by atoms with E-state index in [0.717, 1.165) is 24.3 Å². The lowest BCUT2D eigenvalue weighted by Gasteiger charge is -2.31. The summed E-state index contributed by atoms with van der Waals surface area (Å²) in [6.07, 6.45) is 0.567. The summed E-state index contributed by atoms with van der Waals surface area (Å²) >= 11 is 0. The molecule has 1 fully saturated rings. The zero-order valence-corrected chi connectivity index (χ0v) is 10.8. The van der Waals surface area contributed by atoms with Crippen molar-refractivity contribution >= 4 is 11.6 Å². The first kappa shape index (κ1) is 12.1. The Hall–Kier alpha value is -1.35. The molecule has 0 bridgehead atoms. The van der Waals surface area contributed by atoms with Gasteiger partial charge in [-0.3, -0.25) is 4.79 Å². The minimum atomic E-state index is -0.0333. The summed E-state index contributed by atoms with van der Waals surface area (Å²) in [4.78, 5) is 14.1. The summed E-state index contributed by atoms with van der Waals surface area (Å²) in [5, 5.41) is 3.41. The van der Waals surface area contributed by atoms with Gasteiger partial charge < -0.3 is 10.2 Å². The van der Waals surface area contributed by atoms with Gasteiger partial charge in [0.1, 0.15) is 0 Å². The van der Waals surface area contributed by atoms with Gasteiger partial charge in [0.25, 0.3) is 0 Å². The monoisotopic (exact) mass is 232 g/mol. The molecule has 17 heavy (non-hydrogen) atoms. The molecule has 3 heteroatoms. The Kier molecular flexibility index (Phi) is 3.20. The number of rotatable bonds is 1. The summed E-state index contributed by atoms with van der Waals surface area (Å²) in [6.45, 7) is 7.80. The SMILES string of the molecule is Cc1ccccc1N1CC(C)(C)NCCC1=O. The van der Waals surface area contributed by atoms with E-state index >= 15 is 0 Å². The molecule has 0 atom stereocenters. The second-order valence-electron chi connectivity index (χ2n) is 5.33. The molecule has 1 amide bonds. The van der Waals surface area contributed by atoms with Gasteiger partial charge in [0, 0.05) is 30.7 Å². The van der Waals surface area contributed by atoms with E-state index < -0.39 is 0 Å². The Morgan fingerprint density at radius 3 is 2.71 bits per heavy atom. The summed E-state index contributed by atoms with van der Waals surface area (Å²) in [5.74, 6) is 0.206. The van der Waals surface area contributed by atoms with Crippen LogP contribution in [-0.2, 0) is 4.79 Å². The average molecular weight is 232 g/mol.